The van der Waals surface area contributed by atoms with E-state index in [-0.39, 0.29) is 197 Å². The Morgan fingerprint density at radius 2 is 1.42 bits per heavy atom. The third-order valence-corrected chi connectivity index (χ3v) is 6.17. The first-order valence-corrected chi connectivity index (χ1v) is 15.7. The Kier molecular flexibility index (Phi) is 93.2. The number of oxime groups is 1. The summed E-state index contributed by atoms with van der Waals surface area (Å²) >= 11 is 1.85. The van der Waals surface area contributed by atoms with Crippen LogP contribution in [-0.4, -0.2) is 143 Å². The van der Waals surface area contributed by atoms with Crippen LogP contribution in [0.15, 0.2) is 36.2 Å². The van der Waals surface area contributed by atoms with E-state index in [0.29, 0.717) is 6.42 Å². The number of tetrazole rings is 3. The van der Waals surface area contributed by atoms with Gasteiger partial charge in [-0.05, 0) is 27.9 Å². The number of carbonyl (C=O) groups is 1. The van der Waals surface area contributed by atoms with Crippen LogP contribution in [0.3, 0.4) is 0 Å². The number of amides is 1. The van der Waals surface area contributed by atoms with Crippen molar-refractivity contribution in [2.24, 2.45) is 48.4 Å². The topological polar surface area (TPSA) is 288 Å². The number of aromatic nitrogens is 15. The zero-order valence-electron chi connectivity index (χ0n) is 38.1. The van der Waals surface area contributed by atoms with Crippen LogP contribution in [0.4, 0.5) is 0 Å². The molecule has 34 heteroatoms. The predicted octanol–water partition coefficient (Wildman–Crippen LogP) is -0.304. The van der Waals surface area contributed by atoms with E-state index in [4.69, 9.17) is 4.74 Å². The van der Waals surface area contributed by atoms with Gasteiger partial charge in [0.05, 0.1) is 23.7 Å². The molecule has 360 valence electrons. The van der Waals surface area contributed by atoms with Crippen molar-refractivity contribution >= 4 is 40.5 Å². The first kappa shape index (κ1) is 96.7. The molecule has 4 aromatic heterocycles. The Balaban J connectivity index is -0.0000000411. The zero-order valence-corrected chi connectivity index (χ0v) is 50.1. The van der Waals surface area contributed by atoms with Gasteiger partial charge >= 0.3 is 5.69 Å². The van der Waals surface area contributed by atoms with Crippen LogP contribution in [0, 0.1) is 49.8 Å². The van der Waals surface area contributed by atoms with Crippen molar-refractivity contribution in [1.29, 1.82) is 0 Å². The summed E-state index contributed by atoms with van der Waals surface area (Å²) in [5, 5.41) is 45.1. The molecule has 64 heavy (non-hydrogen) atoms. The first-order valence-electron chi connectivity index (χ1n) is 14.8. The number of aryl methyl sites for hydroxylation is 4. The minimum Gasteiger partial charge on any atom is -0.479 e. The maximum absolute atomic E-state index is 10.4. The Morgan fingerprint density at radius 3 is 1.55 bits per heavy atom. The molecular formula is C30H56N20O5SV8-8. The van der Waals surface area contributed by atoms with Gasteiger partial charge in [-0.3, -0.25) is 29.4 Å². The van der Waals surface area contributed by atoms with E-state index in [2.05, 4.69) is 101 Å². The van der Waals surface area contributed by atoms with Crippen LogP contribution in [0.5, 0.6) is 0 Å². The SMILES string of the molecule is CC1=NCCO1.CC1=NCCS1.CC1=NOCC1.CN1N=CCC1=O.Cn1[c-]nnn1.Cn1cn[nH]c1=O.Cn1n[c-]nn1.Cn1nn[n-]c1=O.[CH3-].[CH3-].[CH3-].[CH3-].[CH3-].[V].[V].[V].[V].[V].[V].[V].[V]. The smallest absolute Gasteiger partial charge is 0.342 e. The molecule has 0 aliphatic carbocycles. The number of aliphatic imine (C=N–C) groups is 2. The van der Waals surface area contributed by atoms with Gasteiger partial charge in [0.1, 0.15) is 19.5 Å². The molecule has 0 saturated carbocycles. The first-order chi connectivity index (χ1) is 24.4. The fraction of sp³-hybridized carbons (Fsp3) is 0.500. The molecule has 8 rings (SSSR count). The van der Waals surface area contributed by atoms with E-state index < -0.39 is 5.69 Å². The van der Waals surface area contributed by atoms with Gasteiger partial charge in [-0.15, -0.1) is 11.8 Å². The molecule has 8 radical (unpaired) electrons. The van der Waals surface area contributed by atoms with Crippen molar-refractivity contribution in [1.82, 2.24) is 80.4 Å². The molecule has 0 bridgehead atoms. The summed E-state index contributed by atoms with van der Waals surface area (Å²) in [5.74, 6) is 2.10. The predicted molar refractivity (Wildman–Crippen MR) is 216 cm³/mol. The maximum atomic E-state index is 10.4. The van der Waals surface area contributed by atoms with E-state index in [1.165, 1.54) is 43.2 Å². The third kappa shape index (κ3) is 53.3. The number of carbonyl (C=O) groups excluding carboxylic acids is 1. The van der Waals surface area contributed by atoms with Gasteiger partial charge in [-0.1, -0.05) is 20.8 Å². The molecule has 0 fully saturated rings. The molecule has 4 aliphatic heterocycles. The Labute approximate surface area is 477 Å². The monoisotopic (exact) mass is 1220 g/mol. The van der Waals surface area contributed by atoms with Crippen molar-refractivity contribution in [3.63, 3.8) is 0 Å². The zero-order chi connectivity index (χ0) is 37.9. The molecule has 4 aliphatic rings. The van der Waals surface area contributed by atoms with Gasteiger partial charge < -0.3 is 71.4 Å². The van der Waals surface area contributed by atoms with Gasteiger partial charge in [-0.2, -0.15) is 15.4 Å². The molecule has 4 aromatic rings. The summed E-state index contributed by atoms with van der Waals surface area (Å²) in [5.41, 5.74) is 0.509. The number of nitrogens with zero attached hydrogens (tertiary/aromatic N) is 19. The fourth-order valence-electron chi connectivity index (χ4n) is 2.61. The van der Waals surface area contributed by atoms with E-state index in [9.17, 15) is 14.4 Å². The molecular weight excluding hydrogens is 1160 g/mol. The van der Waals surface area contributed by atoms with Crippen molar-refractivity contribution in [3.05, 3.63) is 77.1 Å². The number of H-pyrrole nitrogens is 1. The average Bonchev–Trinajstić information content (AvgIpc) is 3.93. The van der Waals surface area contributed by atoms with Gasteiger partial charge in [0.25, 0.3) is 0 Å². The van der Waals surface area contributed by atoms with Crippen LogP contribution in [0.2, 0.25) is 0 Å². The van der Waals surface area contributed by atoms with Crippen LogP contribution in [-0.2, 0) is 191 Å². The molecule has 0 saturated heterocycles. The van der Waals surface area contributed by atoms with E-state index in [1.54, 1.807) is 34.4 Å². The number of rotatable bonds is 0. The summed E-state index contributed by atoms with van der Waals surface area (Å²) < 4.78 is 8.72. The minimum atomic E-state index is -0.417. The second-order valence-electron chi connectivity index (χ2n) is 9.47. The Bertz CT molecular complexity index is 1630. The standard InChI is InChI=1S/C4H6N2O.2C4H7NO.C4H7NS.C3H5N3O.C2H4N4O.2C2H3N4.5CH3.8V/c1-6-4(7)2-3-5-6;1-4-5-2-3-6-4;1-4-2-3-6-5-4;1-4-5-2-3-6-4;1-6-2-4-5-3(6)7;1-6-2(7)3-4-5-6;1-6-2-3-4-5-6;1-6-4-2-3-5-6;;;;;;;;;;;;;/h3H,2H2,1H3;3*2-3H2,1H3;2H,1H3,(H,5,7);1H3,(H,3,5,7);2*1H3;5*1H3;;;;;;;;/q;;;;;;7*-1;;;;;;;;/p-1. The summed E-state index contributed by atoms with van der Waals surface area (Å²) in [6.07, 6.45) is 9.23. The number of ether oxygens (including phenoxy) is 1. The quantitative estimate of drug-likeness (QED) is 0.221. The number of aromatic amines is 1. The molecule has 25 nitrogen and oxygen atoms in total. The number of nitrogens with one attached hydrogen (secondary N) is 1. The fourth-order valence-corrected chi connectivity index (χ4v) is 3.27. The number of hydrogen-bond acceptors (Lipinski definition) is 19. The van der Waals surface area contributed by atoms with Crippen molar-refractivity contribution in [2.45, 2.75) is 33.6 Å². The largest absolute Gasteiger partial charge is 0.479 e. The van der Waals surface area contributed by atoms with Crippen LogP contribution in [0.1, 0.15) is 33.6 Å². The molecule has 1 N–H and O–H groups in total. The minimum absolute atomic E-state index is 0. The molecule has 1 amide bonds. The Hall–Kier alpha value is -1.27. The normalized spacial score (nSPS) is 11.5. The van der Waals surface area contributed by atoms with Crippen LogP contribution in [0.25, 0.3) is 0 Å². The van der Waals surface area contributed by atoms with Crippen LogP contribution < -0.4 is 16.5 Å². The summed E-state index contributed by atoms with van der Waals surface area (Å²) in [6, 6.07) is 0. The van der Waals surface area contributed by atoms with Gasteiger partial charge in [-0.25, -0.2) is 37.5 Å². The van der Waals surface area contributed by atoms with Crippen molar-refractivity contribution in [3.8, 4) is 0 Å². The molecule has 0 spiro atoms. The number of thioether (sulfide) groups is 1. The molecule has 0 aromatic carbocycles. The van der Waals surface area contributed by atoms with E-state index in [1.807, 2.05) is 25.6 Å². The van der Waals surface area contributed by atoms with Crippen molar-refractivity contribution < 1.29 is 163 Å². The third-order valence-electron chi connectivity index (χ3n) is 5.24. The summed E-state index contributed by atoms with van der Waals surface area (Å²) in [7, 11) is 8.16. The molecule has 0 atom stereocenters. The molecule has 8 heterocycles. The van der Waals surface area contributed by atoms with Crippen molar-refractivity contribution in [2.75, 3.05) is 39.1 Å². The average molecular weight is 1220 g/mol. The summed E-state index contributed by atoms with van der Waals surface area (Å²) in [6.45, 7) is 9.34. The van der Waals surface area contributed by atoms with E-state index in [0.717, 1.165) is 49.0 Å². The maximum Gasteiger partial charge on any atom is 0.342 e. The second-order valence-corrected chi connectivity index (χ2v) is 10.8. The number of hydrazone groups is 1. The van der Waals surface area contributed by atoms with E-state index >= 15 is 0 Å². The Morgan fingerprint density at radius 1 is 0.797 bits per heavy atom. The van der Waals surface area contributed by atoms with Gasteiger partial charge in [0.2, 0.25) is 11.6 Å². The number of hydrogen-bond donors (Lipinski definition) is 1. The summed E-state index contributed by atoms with van der Waals surface area (Å²) in [4.78, 5) is 44.8. The van der Waals surface area contributed by atoms with Crippen LogP contribution >= 0.6 is 11.8 Å². The van der Waals surface area contributed by atoms with Gasteiger partial charge in [0, 0.05) is 201 Å². The molecule has 0 unspecified atom stereocenters. The van der Waals surface area contributed by atoms with Gasteiger partial charge in [0.15, 0.2) is 5.90 Å². The second kappa shape index (κ2) is 61.7.